The number of methoxy groups -OCH3 is 2. The highest BCUT2D eigenvalue weighted by atomic mass is 32.1. The molecular formula is C17H15NO7S. The second-order valence-corrected chi connectivity index (χ2v) is 6.00. The van der Waals surface area contributed by atoms with Crippen LogP contribution in [0, 0.1) is 0 Å². The van der Waals surface area contributed by atoms with E-state index in [2.05, 4.69) is 9.47 Å². The number of aldehydes is 1. The summed E-state index contributed by atoms with van der Waals surface area (Å²) in [4.78, 5) is 46.7. The van der Waals surface area contributed by atoms with Crippen LogP contribution in [0.25, 0.3) is 0 Å². The zero-order chi connectivity index (χ0) is 19.3. The number of thiophene rings is 1. The van der Waals surface area contributed by atoms with Crippen LogP contribution in [-0.4, -0.2) is 38.4 Å². The molecule has 26 heavy (non-hydrogen) atoms. The third kappa shape index (κ3) is 3.89. The SMILES string of the molecule is COC(=O)c1sc(N)c(C(=O)OC)c1COC(=O)c1ccc(C=O)cc1. The normalized spacial score (nSPS) is 10.1. The van der Waals surface area contributed by atoms with Crippen molar-refractivity contribution in [3.8, 4) is 0 Å². The van der Waals surface area contributed by atoms with Gasteiger partial charge in [-0.15, -0.1) is 11.3 Å². The van der Waals surface area contributed by atoms with Crippen LogP contribution in [-0.2, 0) is 20.8 Å². The molecule has 2 aromatic rings. The summed E-state index contributed by atoms with van der Waals surface area (Å²) in [5.74, 6) is -2.16. The molecule has 8 nitrogen and oxygen atoms in total. The van der Waals surface area contributed by atoms with E-state index in [0.717, 1.165) is 11.3 Å². The monoisotopic (exact) mass is 377 g/mol. The summed E-state index contributed by atoms with van der Waals surface area (Å²) in [7, 11) is 2.35. The number of hydrogen-bond donors (Lipinski definition) is 1. The van der Waals surface area contributed by atoms with Crippen LogP contribution in [0.1, 0.15) is 46.3 Å². The first-order valence-electron chi connectivity index (χ1n) is 7.23. The number of nitrogen functional groups attached to an aromatic ring is 1. The summed E-state index contributed by atoms with van der Waals surface area (Å²) in [5.41, 5.74) is 6.49. The summed E-state index contributed by atoms with van der Waals surface area (Å²) < 4.78 is 14.5. The van der Waals surface area contributed by atoms with Crippen molar-refractivity contribution >= 4 is 40.5 Å². The molecule has 1 heterocycles. The van der Waals surface area contributed by atoms with Crippen LogP contribution in [0.15, 0.2) is 24.3 Å². The molecule has 0 amide bonds. The molecular weight excluding hydrogens is 362 g/mol. The predicted octanol–water partition coefficient (Wildman–Crippen LogP) is 2.07. The lowest BCUT2D eigenvalue weighted by atomic mass is 10.1. The van der Waals surface area contributed by atoms with Crippen molar-refractivity contribution in [3.63, 3.8) is 0 Å². The van der Waals surface area contributed by atoms with E-state index in [1.807, 2.05) is 0 Å². The largest absolute Gasteiger partial charge is 0.465 e. The van der Waals surface area contributed by atoms with Crippen molar-refractivity contribution in [1.82, 2.24) is 0 Å². The summed E-state index contributed by atoms with van der Waals surface area (Å²) >= 11 is 0.842. The topological polar surface area (TPSA) is 122 Å². The molecule has 2 N–H and O–H groups in total. The number of esters is 3. The molecule has 2 rings (SSSR count). The van der Waals surface area contributed by atoms with E-state index >= 15 is 0 Å². The molecule has 0 saturated carbocycles. The number of nitrogens with two attached hydrogens (primary N) is 1. The fraction of sp³-hybridized carbons (Fsp3) is 0.176. The van der Waals surface area contributed by atoms with E-state index in [9.17, 15) is 19.2 Å². The Hall–Kier alpha value is -3.20. The maximum absolute atomic E-state index is 12.2. The number of carbonyl (C=O) groups is 4. The Bertz CT molecular complexity index is 855. The number of anilines is 1. The average Bonchev–Trinajstić information content (AvgIpc) is 3.01. The van der Waals surface area contributed by atoms with Crippen molar-refractivity contribution in [2.45, 2.75) is 6.61 Å². The van der Waals surface area contributed by atoms with Gasteiger partial charge in [0.1, 0.15) is 28.3 Å². The molecule has 0 atom stereocenters. The van der Waals surface area contributed by atoms with Crippen LogP contribution < -0.4 is 5.73 Å². The fourth-order valence-corrected chi connectivity index (χ4v) is 3.10. The maximum Gasteiger partial charge on any atom is 0.348 e. The Labute approximate surface area is 152 Å². The second kappa shape index (κ2) is 8.26. The molecule has 0 radical (unpaired) electrons. The fourth-order valence-electron chi connectivity index (χ4n) is 2.12. The van der Waals surface area contributed by atoms with Crippen molar-refractivity contribution in [1.29, 1.82) is 0 Å². The molecule has 0 unspecified atom stereocenters. The van der Waals surface area contributed by atoms with Gasteiger partial charge in [0.15, 0.2) is 0 Å². The Morgan fingerprint density at radius 2 is 1.65 bits per heavy atom. The Morgan fingerprint density at radius 3 is 2.19 bits per heavy atom. The van der Waals surface area contributed by atoms with Gasteiger partial charge < -0.3 is 19.9 Å². The van der Waals surface area contributed by atoms with Crippen molar-refractivity contribution in [2.75, 3.05) is 20.0 Å². The Kier molecular flexibility index (Phi) is 6.07. The van der Waals surface area contributed by atoms with Crippen LogP contribution >= 0.6 is 11.3 Å². The van der Waals surface area contributed by atoms with Crippen LogP contribution in [0.3, 0.4) is 0 Å². The van der Waals surface area contributed by atoms with Gasteiger partial charge in [-0.25, -0.2) is 14.4 Å². The zero-order valence-corrected chi connectivity index (χ0v) is 14.8. The molecule has 0 spiro atoms. The molecule has 0 aliphatic carbocycles. The van der Waals surface area contributed by atoms with Gasteiger partial charge in [0.2, 0.25) is 0 Å². The standard InChI is InChI=1S/C17H15NO7S/c1-23-16(21)12-11(13(17(22)24-2)26-14(12)18)8-25-15(20)10-5-3-9(7-19)4-6-10/h3-7H,8,18H2,1-2H3. The summed E-state index contributed by atoms with van der Waals surface area (Å²) in [6.07, 6.45) is 0.647. The first kappa shape index (κ1) is 19.1. The molecule has 9 heteroatoms. The van der Waals surface area contributed by atoms with Crippen molar-refractivity contribution in [3.05, 3.63) is 51.4 Å². The van der Waals surface area contributed by atoms with Gasteiger partial charge >= 0.3 is 17.9 Å². The zero-order valence-electron chi connectivity index (χ0n) is 13.9. The molecule has 0 aliphatic heterocycles. The first-order valence-corrected chi connectivity index (χ1v) is 8.04. The van der Waals surface area contributed by atoms with E-state index in [1.54, 1.807) is 0 Å². The smallest absolute Gasteiger partial charge is 0.348 e. The minimum atomic E-state index is -0.754. The minimum absolute atomic E-state index is 0.0398. The maximum atomic E-state index is 12.2. The van der Waals surface area contributed by atoms with Gasteiger partial charge in [0.05, 0.1) is 19.8 Å². The first-order chi connectivity index (χ1) is 12.4. The Morgan fingerprint density at radius 1 is 1.04 bits per heavy atom. The molecule has 136 valence electrons. The number of benzene rings is 1. The third-order valence-electron chi connectivity index (χ3n) is 3.42. The number of carbonyl (C=O) groups excluding carboxylic acids is 4. The van der Waals surface area contributed by atoms with E-state index in [4.69, 9.17) is 10.5 Å². The van der Waals surface area contributed by atoms with E-state index in [-0.39, 0.29) is 33.2 Å². The highest BCUT2D eigenvalue weighted by molar-refractivity contribution is 7.18. The predicted molar refractivity (Wildman–Crippen MR) is 92.4 cm³/mol. The van der Waals surface area contributed by atoms with Crippen LogP contribution in [0.5, 0.6) is 0 Å². The van der Waals surface area contributed by atoms with Gasteiger partial charge in [0, 0.05) is 11.1 Å². The van der Waals surface area contributed by atoms with E-state index in [0.29, 0.717) is 11.8 Å². The molecule has 1 aromatic carbocycles. The summed E-state index contributed by atoms with van der Waals surface area (Å²) in [6, 6.07) is 5.78. The van der Waals surface area contributed by atoms with Crippen LogP contribution in [0.4, 0.5) is 5.00 Å². The lowest BCUT2D eigenvalue weighted by molar-refractivity contribution is 0.0452. The lowest BCUT2D eigenvalue weighted by Crippen LogP contribution is -2.12. The van der Waals surface area contributed by atoms with Gasteiger partial charge in [-0.2, -0.15) is 0 Å². The number of hydrogen-bond acceptors (Lipinski definition) is 9. The van der Waals surface area contributed by atoms with E-state index in [1.165, 1.54) is 38.5 Å². The van der Waals surface area contributed by atoms with Gasteiger partial charge in [-0.05, 0) is 12.1 Å². The average molecular weight is 377 g/mol. The summed E-state index contributed by atoms with van der Waals surface area (Å²) in [5, 5.41) is 0.0543. The third-order valence-corrected chi connectivity index (χ3v) is 4.47. The van der Waals surface area contributed by atoms with Gasteiger partial charge in [-0.1, -0.05) is 12.1 Å². The van der Waals surface area contributed by atoms with Gasteiger partial charge in [-0.3, -0.25) is 4.79 Å². The van der Waals surface area contributed by atoms with Gasteiger partial charge in [0.25, 0.3) is 0 Å². The van der Waals surface area contributed by atoms with Crippen LogP contribution in [0.2, 0.25) is 0 Å². The highest BCUT2D eigenvalue weighted by Gasteiger charge is 2.28. The van der Waals surface area contributed by atoms with Crippen molar-refractivity contribution in [2.24, 2.45) is 0 Å². The number of rotatable bonds is 6. The second-order valence-electron chi connectivity index (χ2n) is 4.95. The molecule has 0 bridgehead atoms. The molecule has 0 fully saturated rings. The lowest BCUT2D eigenvalue weighted by Gasteiger charge is -2.08. The Balaban J connectivity index is 2.29. The number of ether oxygens (including phenoxy) is 3. The molecule has 0 aliphatic rings. The minimum Gasteiger partial charge on any atom is -0.465 e. The van der Waals surface area contributed by atoms with E-state index < -0.39 is 17.9 Å². The molecule has 0 saturated heterocycles. The summed E-state index contributed by atoms with van der Waals surface area (Å²) in [6.45, 7) is -0.378. The highest BCUT2D eigenvalue weighted by Crippen LogP contribution is 2.33. The molecule has 1 aromatic heterocycles. The van der Waals surface area contributed by atoms with Crippen molar-refractivity contribution < 1.29 is 33.4 Å². The quantitative estimate of drug-likeness (QED) is 0.461.